The third-order valence-electron chi connectivity index (χ3n) is 2.23. The van der Waals surface area contributed by atoms with Crippen LogP contribution in [0.3, 0.4) is 0 Å². The van der Waals surface area contributed by atoms with Gasteiger partial charge in [-0.3, -0.25) is 0 Å². The summed E-state index contributed by atoms with van der Waals surface area (Å²) in [7, 11) is 1.59. The number of nitriles is 1. The number of aromatic nitrogens is 2. The third kappa shape index (κ3) is 2.57. The van der Waals surface area contributed by atoms with Crippen LogP contribution in [0.2, 0.25) is 0 Å². The third-order valence-corrected chi connectivity index (χ3v) is 2.92. The summed E-state index contributed by atoms with van der Waals surface area (Å²) in [5.74, 6) is 1.12. The van der Waals surface area contributed by atoms with Crippen molar-refractivity contribution in [2.45, 2.75) is 0 Å². The largest absolute Gasteiger partial charge is 0.497 e. The maximum atomic E-state index is 8.94. The lowest BCUT2D eigenvalue weighted by Crippen LogP contribution is -1.99. The van der Waals surface area contributed by atoms with Crippen LogP contribution in [0.4, 0.5) is 11.5 Å². The number of nitrogens with one attached hydrogen (secondary N) is 1. The summed E-state index contributed by atoms with van der Waals surface area (Å²) in [5.41, 5.74) is 0.999. The van der Waals surface area contributed by atoms with Gasteiger partial charge in [0, 0.05) is 22.9 Å². The molecule has 0 unspecified atom stereocenters. The average Bonchev–Trinajstić information content (AvgIpc) is 2.42. The van der Waals surface area contributed by atoms with E-state index in [2.05, 4.69) is 31.2 Å². The Bertz CT molecular complexity index is 609. The van der Waals surface area contributed by atoms with Crippen LogP contribution in [-0.2, 0) is 0 Å². The zero-order valence-electron chi connectivity index (χ0n) is 9.51. The summed E-state index contributed by atoms with van der Waals surface area (Å²) in [5, 5.41) is 12.0. The van der Waals surface area contributed by atoms with Crippen LogP contribution in [0, 0.1) is 11.3 Å². The molecular weight excluding hydrogens is 296 g/mol. The van der Waals surface area contributed by atoms with E-state index in [1.807, 2.05) is 18.2 Å². The molecule has 0 saturated carbocycles. The number of nitrogens with zero attached hydrogens (tertiary/aromatic N) is 3. The number of ether oxygens (including phenoxy) is 1. The van der Waals surface area contributed by atoms with Crippen LogP contribution in [-0.4, -0.2) is 17.1 Å². The number of anilines is 2. The molecule has 0 fully saturated rings. The molecule has 90 valence electrons. The van der Waals surface area contributed by atoms with Gasteiger partial charge in [-0.1, -0.05) is 0 Å². The van der Waals surface area contributed by atoms with E-state index in [0.29, 0.717) is 11.6 Å². The SMILES string of the molecule is COc1ccc(Br)c(Nc2nccnc2C#N)c1. The van der Waals surface area contributed by atoms with E-state index in [0.717, 1.165) is 10.2 Å². The van der Waals surface area contributed by atoms with Crippen molar-refractivity contribution >= 4 is 27.4 Å². The fourth-order valence-corrected chi connectivity index (χ4v) is 1.71. The van der Waals surface area contributed by atoms with Crippen LogP contribution in [0.25, 0.3) is 0 Å². The van der Waals surface area contributed by atoms with Gasteiger partial charge in [0.25, 0.3) is 0 Å². The first-order valence-corrected chi connectivity index (χ1v) is 5.85. The summed E-state index contributed by atoms with van der Waals surface area (Å²) in [6, 6.07) is 7.47. The van der Waals surface area contributed by atoms with Gasteiger partial charge >= 0.3 is 0 Å². The number of hydrogen-bond acceptors (Lipinski definition) is 5. The fraction of sp³-hybridized carbons (Fsp3) is 0.0833. The summed E-state index contributed by atoms with van der Waals surface area (Å²) in [6.45, 7) is 0. The van der Waals surface area contributed by atoms with Gasteiger partial charge in [0.2, 0.25) is 0 Å². The van der Waals surface area contributed by atoms with Gasteiger partial charge in [0.05, 0.1) is 12.8 Å². The second-order valence-electron chi connectivity index (χ2n) is 3.34. The zero-order chi connectivity index (χ0) is 13.0. The Balaban J connectivity index is 2.37. The first-order chi connectivity index (χ1) is 8.74. The van der Waals surface area contributed by atoms with Gasteiger partial charge in [-0.2, -0.15) is 5.26 Å². The normalized spacial score (nSPS) is 9.61. The zero-order valence-corrected chi connectivity index (χ0v) is 11.1. The minimum atomic E-state index is 0.243. The topological polar surface area (TPSA) is 70.8 Å². The molecule has 1 aromatic heterocycles. The number of methoxy groups -OCH3 is 1. The molecule has 6 heteroatoms. The van der Waals surface area contributed by atoms with Crippen molar-refractivity contribution in [3.05, 3.63) is 40.8 Å². The molecule has 1 heterocycles. The molecule has 0 aliphatic carbocycles. The van der Waals surface area contributed by atoms with E-state index in [-0.39, 0.29) is 5.69 Å². The lowest BCUT2D eigenvalue weighted by molar-refractivity contribution is 0.415. The fourth-order valence-electron chi connectivity index (χ4n) is 1.37. The second-order valence-corrected chi connectivity index (χ2v) is 4.19. The maximum Gasteiger partial charge on any atom is 0.183 e. The summed E-state index contributed by atoms with van der Waals surface area (Å²) in [4.78, 5) is 8.02. The van der Waals surface area contributed by atoms with Crippen molar-refractivity contribution in [2.75, 3.05) is 12.4 Å². The van der Waals surface area contributed by atoms with Gasteiger partial charge in [0.1, 0.15) is 11.8 Å². The van der Waals surface area contributed by atoms with E-state index in [4.69, 9.17) is 10.00 Å². The minimum absolute atomic E-state index is 0.243. The minimum Gasteiger partial charge on any atom is -0.497 e. The van der Waals surface area contributed by atoms with Crippen LogP contribution < -0.4 is 10.1 Å². The molecule has 2 aromatic rings. The highest BCUT2D eigenvalue weighted by molar-refractivity contribution is 9.10. The highest BCUT2D eigenvalue weighted by Gasteiger charge is 2.07. The molecule has 0 radical (unpaired) electrons. The molecule has 1 N–H and O–H groups in total. The lowest BCUT2D eigenvalue weighted by atomic mass is 10.3. The van der Waals surface area contributed by atoms with Crippen LogP contribution in [0.15, 0.2) is 35.1 Å². The van der Waals surface area contributed by atoms with Crippen LogP contribution >= 0.6 is 15.9 Å². The Morgan fingerprint density at radius 2 is 2.11 bits per heavy atom. The Labute approximate surface area is 113 Å². The van der Waals surface area contributed by atoms with Crippen LogP contribution in [0.5, 0.6) is 5.75 Å². The van der Waals surface area contributed by atoms with Crippen LogP contribution in [0.1, 0.15) is 5.69 Å². The van der Waals surface area contributed by atoms with Crippen molar-refractivity contribution in [3.63, 3.8) is 0 Å². The van der Waals surface area contributed by atoms with E-state index in [9.17, 15) is 0 Å². The van der Waals surface area contributed by atoms with Crippen molar-refractivity contribution in [2.24, 2.45) is 0 Å². The quantitative estimate of drug-likeness (QED) is 0.944. The first kappa shape index (κ1) is 12.3. The van der Waals surface area contributed by atoms with Gasteiger partial charge in [-0.25, -0.2) is 9.97 Å². The lowest BCUT2D eigenvalue weighted by Gasteiger charge is -2.09. The second kappa shape index (κ2) is 5.47. The number of benzene rings is 1. The van der Waals surface area contributed by atoms with E-state index < -0.39 is 0 Å². The van der Waals surface area contributed by atoms with Crippen molar-refractivity contribution in [1.82, 2.24) is 9.97 Å². The van der Waals surface area contributed by atoms with Crippen molar-refractivity contribution < 1.29 is 4.74 Å². The van der Waals surface area contributed by atoms with Gasteiger partial charge in [-0.05, 0) is 28.1 Å². The molecule has 0 aliphatic heterocycles. The number of hydrogen-bond donors (Lipinski definition) is 1. The molecule has 0 bridgehead atoms. The number of rotatable bonds is 3. The van der Waals surface area contributed by atoms with Crippen molar-refractivity contribution in [1.29, 1.82) is 5.26 Å². The van der Waals surface area contributed by atoms with Gasteiger partial charge in [-0.15, -0.1) is 0 Å². The monoisotopic (exact) mass is 304 g/mol. The molecule has 2 rings (SSSR count). The molecule has 0 saturated heterocycles. The smallest absolute Gasteiger partial charge is 0.183 e. The van der Waals surface area contributed by atoms with E-state index in [1.54, 1.807) is 13.2 Å². The molecule has 0 atom stereocenters. The Morgan fingerprint density at radius 3 is 2.83 bits per heavy atom. The predicted molar refractivity (Wildman–Crippen MR) is 70.7 cm³/mol. The van der Waals surface area contributed by atoms with E-state index in [1.165, 1.54) is 12.4 Å². The highest BCUT2D eigenvalue weighted by Crippen LogP contribution is 2.29. The van der Waals surface area contributed by atoms with Crippen molar-refractivity contribution in [3.8, 4) is 11.8 Å². The van der Waals surface area contributed by atoms with Gasteiger partial charge < -0.3 is 10.1 Å². The predicted octanol–water partition coefficient (Wildman–Crippen LogP) is 2.86. The molecule has 0 spiro atoms. The van der Waals surface area contributed by atoms with E-state index >= 15 is 0 Å². The standard InChI is InChI=1S/C12H9BrN4O/c1-18-8-2-3-9(13)10(6-8)17-12-11(7-14)15-4-5-16-12/h2-6H,1H3,(H,16,17). The summed E-state index contributed by atoms with van der Waals surface area (Å²) in [6.07, 6.45) is 3.00. The Morgan fingerprint density at radius 1 is 1.33 bits per heavy atom. The summed E-state index contributed by atoms with van der Waals surface area (Å²) < 4.78 is 5.99. The molecule has 0 aliphatic rings. The first-order valence-electron chi connectivity index (χ1n) is 5.06. The molecule has 5 nitrogen and oxygen atoms in total. The Kier molecular flexibility index (Phi) is 3.75. The average molecular weight is 305 g/mol. The van der Waals surface area contributed by atoms with Gasteiger partial charge in [0.15, 0.2) is 11.5 Å². The summed E-state index contributed by atoms with van der Waals surface area (Å²) >= 11 is 3.41. The Hall–Kier alpha value is -2.13. The molecular formula is C12H9BrN4O. The molecule has 0 amide bonds. The highest BCUT2D eigenvalue weighted by atomic mass is 79.9. The number of halogens is 1. The molecule has 1 aromatic carbocycles. The maximum absolute atomic E-state index is 8.94. The molecule has 18 heavy (non-hydrogen) atoms.